The van der Waals surface area contributed by atoms with E-state index < -0.39 is 4.92 Å². The molecule has 0 aliphatic carbocycles. The van der Waals surface area contributed by atoms with Crippen molar-refractivity contribution in [3.63, 3.8) is 0 Å². The molecule has 0 fully saturated rings. The Bertz CT molecular complexity index is 663. The van der Waals surface area contributed by atoms with E-state index >= 15 is 0 Å². The summed E-state index contributed by atoms with van der Waals surface area (Å²) >= 11 is 5.82. The van der Waals surface area contributed by atoms with E-state index in [1.54, 1.807) is 0 Å². The van der Waals surface area contributed by atoms with Crippen molar-refractivity contribution in [3.8, 4) is 0 Å². The zero-order valence-corrected chi connectivity index (χ0v) is 12.2. The van der Waals surface area contributed by atoms with Gasteiger partial charge in [0.05, 0.1) is 4.92 Å². The Kier molecular flexibility index (Phi) is 3.90. The Hall–Kier alpha value is -2.14. The lowest BCUT2D eigenvalue weighted by molar-refractivity contribution is -0.384. The fourth-order valence-corrected chi connectivity index (χ4v) is 2.31. The van der Waals surface area contributed by atoms with Gasteiger partial charge in [0.15, 0.2) is 0 Å². The molecule has 6 heteroatoms. The number of halogens is 1. The molecule has 1 aromatic heterocycles. The zero-order chi connectivity index (χ0) is 14.9. The molecular formula is C14H14ClN3O2. The largest absolute Gasteiger partial charge is 0.334 e. The summed E-state index contributed by atoms with van der Waals surface area (Å²) in [6.45, 7) is 5.89. The highest BCUT2D eigenvalue weighted by atomic mass is 35.5. The fourth-order valence-electron chi connectivity index (χ4n) is 2.16. The first-order chi connectivity index (χ1) is 9.38. The fraction of sp³-hybridized carbons (Fsp3) is 0.214. The summed E-state index contributed by atoms with van der Waals surface area (Å²) in [5.74, 6) is 0.151. The molecule has 0 unspecified atom stereocenters. The van der Waals surface area contributed by atoms with Crippen LogP contribution in [-0.2, 0) is 0 Å². The van der Waals surface area contributed by atoms with E-state index in [-0.39, 0.29) is 16.7 Å². The van der Waals surface area contributed by atoms with Gasteiger partial charge >= 0.3 is 5.69 Å². The SMILES string of the molecule is Cc1cc(C)c(Nc2nc(Cl)ccc2[N+](=O)[O-])c(C)c1. The minimum absolute atomic E-state index is 0.103. The average Bonchev–Trinajstić information content (AvgIpc) is 2.33. The van der Waals surface area contributed by atoms with E-state index in [1.165, 1.54) is 12.1 Å². The maximum absolute atomic E-state index is 11.0. The summed E-state index contributed by atoms with van der Waals surface area (Å²) in [6, 6.07) is 6.76. The number of aryl methyl sites for hydroxylation is 3. The number of nitro groups is 1. The Morgan fingerprint density at radius 3 is 2.35 bits per heavy atom. The monoisotopic (exact) mass is 291 g/mol. The number of aromatic nitrogens is 1. The molecule has 0 amide bonds. The van der Waals surface area contributed by atoms with Gasteiger partial charge in [-0.2, -0.15) is 0 Å². The second kappa shape index (κ2) is 5.46. The second-order valence-corrected chi connectivity index (χ2v) is 5.04. The molecule has 104 valence electrons. The average molecular weight is 292 g/mol. The van der Waals surface area contributed by atoms with Crippen LogP contribution in [0.2, 0.25) is 5.15 Å². The molecule has 0 spiro atoms. The van der Waals surface area contributed by atoms with Gasteiger partial charge in [0.25, 0.3) is 0 Å². The number of hydrogen-bond donors (Lipinski definition) is 1. The standard InChI is InChI=1S/C14H14ClN3O2/c1-8-6-9(2)13(10(3)7-8)17-14-11(18(19)20)4-5-12(15)16-14/h4-7H,1-3H3,(H,16,17). The summed E-state index contributed by atoms with van der Waals surface area (Å²) < 4.78 is 0. The Labute approximate surface area is 121 Å². The van der Waals surface area contributed by atoms with Crippen LogP contribution in [0.25, 0.3) is 0 Å². The summed E-state index contributed by atoms with van der Waals surface area (Å²) in [5.41, 5.74) is 3.85. The summed E-state index contributed by atoms with van der Waals surface area (Å²) in [5, 5.41) is 14.3. The van der Waals surface area contributed by atoms with Crippen molar-refractivity contribution in [1.82, 2.24) is 4.98 Å². The molecule has 0 atom stereocenters. The first-order valence-corrected chi connectivity index (χ1v) is 6.42. The molecule has 1 heterocycles. The van der Waals surface area contributed by atoms with E-state index in [2.05, 4.69) is 10.3 Å². The van der Waals surface area contributed by atoms with E-state index in [0.29, 0.717) is 0 Å². The van der Waals surface area contributed by atoms with Crippen LogP contribution in [0.1, 0.15) is 16.7 Å². The normalized spacial score (nSPS) is 10.4. The minimum Gasteiger partial charge on any atom is -0.334 e. The van der Waals surface area contributed by atoms with Crippen molar-refractivity contribution in [2.24, 2.45) is 0 Å². The van der Waals surface area contributed by atoms with Crippen molar-refractivity contribution in [2.75, 3.05) is 5.32 Å². The van der Waals surface area contributed by atoms with Gasteiger partial charge in [0.1, 0.15) is 5.15 Å². The van der Waals surface area contributed by atoms with Gasteiger partial charge in [0, 0.05) is 11.8 Å². The van der Waals surface area contributed by atoms with Gasteiger partial charge in [-0.1, -0.05) is 29.3 Å². The molecule has 0 aliphatic rings. The quantitative estimate of drug-likeness (QED) is 0.520. The van der Waals surface area contributed by atoms with Gasteiger partial charge in [-0.15, -0.1) is 0 Å². The highest BCUT2D eigenvalue weighted by Gasteiger charge is 2.17. The van der Waals surface area contributed by atoms with Crippen molar-refractivity contribution >= 4 is 28.8 Å². The van der Waals surface area contributed by atoms with Crippen molar-refractivity contribution in [2.45, 2.75) is 20.8 Å². The number of nitrogens with one attached hydrogen (secondary N) is 1. The highest BCUT2D eigenvalue weighted by Crippen LogP contribution is 2.30. The van der Waals surface area contributed by atoms with Crippen molar-refractivity contribution < 1.29 is 4.92 Å². The lowest BCUT2D eigenvalue weighted by Gasteiger charge is -2.13. The minimum atomic E-state index is -0.482. The van der Waals surface area contributed by atoms with Crippen molar-refractivity contribution in [1.29, 1.82) is 0 Å². The third-order valence-electron chi connectivity index (χ3n) is 2.96. The van der Waals surface area contributed by atoms with Crippen molar-refractivity contribution in [3.05, 3.63) is 56.2 Å². The van der Waals surface area contributed by atoms with E-state index in [0.717, 1.165) is 22.4 Å². The molecule has 2 aromatic rings. The molecule has 0 bridgehead atoms. The predicted octanol–water partition coefficient (Wildman–Crippen LogP) is 4.31. The van der Waals surface area contributed by atoms with Gasteiger partial charge in [0.2, 0.25) is 5.82 Å². The van der Waals surface area contributed by atoms with Crippen LogP contribution >= 0.6 is 11.6 Å². The van der Waals surface area contributed by atoms with E-state index in [1.807, 2.05) is 32.9 Å². The topological polar surface area (TPSA) is 68.1 Å². The van der Waals surface area contributed by atoms with Crippen LogP contribution in [-0.4, -0.2) is 9.91 Å². The van der Waals surface area contributed by atoms with Crippen LogP contribution in [0.15, 0.2) is 24.3 Å². The second-order valence-electron chi connectivity index (χ2n) is 4.66. The first kappa shape index (κ1) is 14.3. The third kappa shape index (κ3) is 2.88. The molecular weight excluding hydrogens is 278 g/mol. The third-order valence-corrected chi connectivity index (χ3v) is 3.17. The molecule has 20 heavy (non-hydrogen) atoms. The Morgan fingerprint density at radius 1 is 1.20 bits per heavy atom. The van der Waals surface area contributed by atoms with Gasteiger partial charge < -0.3 is 5.32 Å². The number of benzene rings is 1. The van der Waals surface area contributed by atoms with E-state index in [4.69, 9.17) is 11.6 Å². The van der Waals surface area contributed by atoms with Crippen LogP contribution < -0.4 is 5.32 Å². The molecule has 0 saturated carbocycles. The lowest BCUT2D eigenvalue weighted by atomic mass is 10.1. The highest BCUT2D eigenvalue weighted by molar-refractivity contribution is 6.29. The van der Waals surface area contributed by atoms with Crippen LogP contribution in [0.3, 0.4) is 0 Å². The van der Waals surface area contributed by atoms with Crippen LogP contribution in [0.5, 0.6) is 0 Å². The molecule has 5 nitrogen and oxygen atoms in total. The number of nitrogens with zero attached hydrogens (tertiary/aromatic N) is 2. The molecule has 1 aromatic carbocycles. The lowest BCUT2D eigenvalue weighted by Crippen LogP contribution is -2.02. The molecule has 1 N–H and O–H groups in total. The zero-order valence-electron chi connectivity index (χ0n) is 11.4. The van der Waals surface area contributed by atoms with Gasteiger partial charge in [-0.25, -0.2) is 4.98 Å². The summed E-state index contributed by atoms with van der Waals surface area (Å²) in [6.07, 6.45) is 0. The first-order valence-electron chi connectivity index (χ1n) is 6.04. The maximum Gasteiger partial charge on any atom is 0.311 e. The van der Waals surface area contributed by atoms with Gasteiger partial charge in [-0.3, -0.25) is 10.1 Å². The number of rotatable bonds is 3. The smallest absolute Gasteiger partial charge is 0.311 e. The summed E-state index contributed by atoms with van der Waals surface area (Å²) in [7, 11) is 0. The predicted molar refractivity (Wildman–Crippen MR) is 79.8 cm³/mol. The molecule has 0 radical (unpaired) electrons. The Balaban J connectivity index is 2.50. The molecule has 0 aliphatic heterocycles. The van der Waals surface area contributed by atoms with Gasteiger partial charge in [-0.05, 0) is 38.0 Å². The number of anilines is 2. The number of pyridine rings is 1. The summed E-state index contributed by atoms with van der Waals surface area (Å²) in [4.78, 5) is 14.6. The Morgan fingerprint density at radius 2 is 1.80 bits per heavy atom. The maximum atomic E-state index is 11.0. The number of hydrogen-bond acceptors (Lipinski definition) is 4. The molecule has 0 saturated heterocycles. The molecule has 2 rings (SSSR count). The van der Waals surface area contributed by atoms with E-state index in [9.17, 15) is 10.1 Å². The van der Waals surface area contributed by atoms with Crippen LogP contribution in [0, 0.1) is 30.9 Å². The van der Waals surface area contributed by atoms with Crippen LogP contribution in [0.4, 0.5) is 17.2 Å².